The summed E-state index contributed by atoms with van der Waals surface area (Å²) in [6, 6.07) is 15.1. The van der Waals surface area contributed by atoms with Crippen LogP contribution in [0, 0.1) is 14.1 Å². The minimum Gasteiger partial charge on any atom is -0.381 e. The van der Waals surface area contributed by atoms with Crippen molar-refractivity contribution in [1.29, 1.82) is 0 Å². The molecule has 1 N–H and O–H groups in total. The average Bonchev–Trinajstić information content (AvgIpc) is 2.32. The van der Waals surface area contributed by atoms with Crippen LogP contribution < -0.4 is 5.32 Å². The lowest BCUT2D eigenvalue weighted by atomic mass is 10.2. The first-order valence-electron chi connectivity index (χ1n) is 5.39. The third-order valence-electron chi connectivity index (χ3n) is 2.60. The molecule has 2 rings (SSSR count). The lowest BCUT2D eigenvalue weighted by Crippen LogP contribution is -2.01. The summed E-state index contributed by atoms with van der Waals surface area (Å²) in [6.45, 7) is 3.00. The zero-order chi connectivity index (χ0) is 12.3. The summed E-state index contributed by atoms with van der Waals surface area (Å²) < 4.78 is 2.54. The lowest BCUT2D eigenvalue weighted by molar-refractivity contribution is 1.14. The van der Waals surface area contributed by atoms with Gasteiger partial charge >= 0.3 is 0 Å². The second-order valence-electron chi connectivity index (χ2n) is 3.94. The molecule has 2 aromatic rings. The van der Waals surface area contributed by atoms with Gasteiger partial charge in [0, 0.05) is 19.4 Å². The Hall–Kier alpha value is -0.300. The second kappa shape index (κ2) is 6.04. The van der Waals surface area contributed by atoms with Gasteiger partial charge in [0.1, 0.15) is 0 Å². The first-order chi connectivity index (χ1) is 8.15. The molecule has 0 saturated heterocycles. The van der Waals surface area contributed by atoms with E-state index in [2.05, 4.69) is 99.9 Å². The van der Waals surface area contributed by atoms with E-state index < -0.39 is 0 Å². The SMILES string of the molecule is Cc1ccc(I)cc1NCc1ccc(I)cc1. The van der Waals surface area contributed by atoms with Crippen LogP contribution in [0.3, 0.4) is 0 Å². The number of anilines is 1. The fraction of sp³-hybridized carbons (Fsp3) is 0.143. The number of halogens is 2. The van der Waals surface area contributed by atoms with Crippen molar-refractivity contribution in [1.82, 2.24) is 0 Å². The van der Waals surface area contributed by atoms with Crippen LogP contribution in [0.25, 0.3) is 0 Å². The summed E-state index contributed by atoms with van der Waals surface area (Å²) in [5.41, 5.74) is 3.81. The van der Waals surface area contributed by atoms with Gasteiger partial charge in [-0.15, -0.1) is 0 Å². The van der Waals surface area contributed by atoms with Crippen molar-refractivity contribution >= 4 is 50.9 Å². The molecule has 0 aromatic heterocycles. The van der Waals surface area contributed by atoms with Crippen LogP contribution in [0.4, 0.5) is 5.69 Å². The first-order valence-corrected chi connectivity index (χ1v) is 7.55. The third kappa shape index (κ3) is 3.84. The zero-order valence-corrected chi connectivity index (χ0v) is 13.8. The summed E-state index contributed by atoms with van der Waals surface area (Å²) in [5.74, 6) is 0. The van der Waals surface area contributed by atoms with Gasteiger partial charge in [0.25, 0.3) is 0 Å². The summed E-state index contributed by atoms with van der Waals surface area (Å²) in [7, 11) is 0. The van der Waals surface area contributed by atoms with Crippen molar-refractivity contribution in [2.45, 2.75) is 13.5 Å². The summed E-state index contributed by atoms with van der Waals surface area (Å²) >= 11 is 4.66. The summed E-state index contributed by atoms with van der Waals surface area (Å²) in [5, 5.41) is 3.48. The standard InChI is InChI=1S/C14H13I2N/c1-10-2-5-13(16)8-14(10)17-9-11-3-6-12(15)7-4-11/h2-8,17H,9H2,1H3. The quantitative estimate of drug-likeness (QED) is 0.664. The predicted octanol–water partition coefficient (Wildman–Crippen LogP) is 4.82. The molecule has 0 aliphatic heterocycles. The topological polar surface area (TPSA) is 12.0 Å². The number of benzene rings is 2. The molecule has 2 aromatic carbocycles. The van der Waals surface area contributed by atoms with Gasteiger partial charge in [-0.3, -0.25) is 0 Å². The second-order valence-corrected chi connectivity index (χ2v) is 6.43. The fourth-order valence-corrected chi connectivity index (χ4v) is 2.44. The van der Waals surface area contributed by atoms with E-state index in [4.69, 9.17) is 0 Å². The highest BCUT2D eigenvalue weighted by molar-refractivity contribution is 14.1. The van der Waals surface area contributed by atoms with Gasteiger partial charge in [-0.2, -0.15) is 0 Å². The Kier molecular flexibility index (Phi) is 4.67. The van der Waals surface area contributed by atoms with Gasteiger partial charge in [-0.1, -0.05) is 18.2 Å². The lowest BCUT2D eigenvalue weighted by Gasteiger charge is -2.10. The molecule has 3 heteroatoms. The maximum atomic E-state index is 3.48. The van der Waals surface area contributed by atoms with E-state index in [9.17, 15) is 0 Å². The van der Waals surface area contributed by atoms with E-state index in [0.717, 1.165) is 6.54 Å². The molecule has 0 heterocycles. The molecule has 17 heavy (non-hydrogen) atoms. The van der Waals surface area contributed by atoms with Gasteiger partial charge in [0.15, 0.2) is 0 Å². The Labute approximate surface area is 129 Å². The van der Waals surface area contributed by atoms with Crippen molar-refractivity contribution in [2.24, 2.45) is 0 Å². The van der Waals surface area contributed by atoms with E-state index in [0.29, 0.717) is 0 Å². The molecule has 88 valence electrons. The van der Waals surface area contributed by atoms with Gasteiger partial charge < -0.3 is 5.32 Å². The largest absolute Gasteiger partial charge is 0.381 e. The molecule has 0 bridgehead atoms. The zero-order valence-electron chi connectivity index (χ0n) is 9.50. The monoisotopic (exact) mass is 449 g/mol. The molecule has 0 fully saturated rings. The highest BCUT2D eigenvalue weighted by Gasteiger charge is 1.99. The van der Waals surface area contributed by atoms with Crippen molar-refractivity contribution in [2.75, 3.05) is 5.32 Å². The summed E-state index contributed by atoms with van der Waals surface area (Å²) in [6.07, 6.45) is 0. The minimum absolute atomic E-state index is 0.873. The number of aryl methyl sites for hydroxylation is 1. The van der Waals surface area contributed by atoms with Gasteiger partial charge in [-0.05, 0) is 87.5 Å². The number of nitrogens with one attached hydrogen (secondary N) is 1. The Morgan fingerprint density at radius 3 is 2.29 bits per heavy atom. The van der Waals surface area contributed by atoms with Crippen LogP contribution in [0.5, 0.6) is 0 Å². The molecule has 0 radical (unpaired) electrons. The highest BCUT2D eigenvalue weighted by Crippen LogP contribution is 2.19. The normalized spacial score (nSPS) is 10.3. The smallest absolute Gasteiger partial charge is 0.0400 e. The molecule has 0 aliphatic carbocycles. The van der Waals surface area contributed by atoms with Gasteiger partial charge in [0.05, 0.1) is 0 Å². The van der Waals surface area contributed by atoms with Crippen molar-refractivity contribution < 1.29 is 0 Å². The maximum Gasteiger partial charge on any atom is 0.0400 e. The van der Waals surface area contributed by atoms with Crippen molar-refractivity contribution in [3.63, 3.8) is 0 Å². The van der Waals surface area contributed by atoms with Crippen molar-refractivity contribution in [3.8, 4) is 0 Å². The molecule has 0 aliphatic rings. The molecule has 0 spiro atoms. The molecule has 1 nitrogen and oxygen atoms in total. The minimum atomic E-state index is 0.873. The van der Waals surface area contributed by atoms with E-state index >= 15 is 0 Å². The average molecular weight is 449 g/mol. The van der Waals surface area contributed by atoms with Crippen LogP contribution in [-0.2, 0) is 6.54 Å². The van der Waals surface area contributed by atoms with Gasteiger partial charge in [-0.25, -0.2) is 0 Å². The maximum absolute atomic E-state index is 3.48. The molecule has 0 amide bonds. The van der Waals surface area contributed by atoms with Crippen LogP contribution in [0.2, 0.25) is 0 Å². The van der Waals surface area contributed by atoms with Crippen LogP contribution in [-0.4, -0.2) is 0 Å². The number of rotatable bonds is 3. The summed E-state index contributed by atoms with van der Waals surface area (Å²) in [4.78, 5) is 0. The van der Waals surface area contributed by atoms with Gasteiger partial charge in [0.2, 0.25) is 0 Å². The molecular weight excluding hydrogens is 436 g/mol. The Bertz CT molecular complexity index is 506. The first kappa shape index (κ1) is 13.1. The Balaban J connectivity index is 2.07. The highest BCUT2D eigenvalue weighted by atomic mass is 127. The number of hydrogen-bond donors (Lipinski definition) is 1. The molecule has 0 unspecified atom stereocenters. The van der Waals surface area contributed by atoms with E-state index in [1.807, 2.05) is 0 Å². The van der Waals surface area contributed by atoms with Crippen LogP contribution in [0.15, 0.2) is 42.5 Å². The van der Waals surface area contributed by atoms with E-state index in [-0.39, 0.29) is 0 Å². The van der Waals surface area contributed by atoms with E-state index in [1.165, 1.54) is 24.0 Å². The molecular formula is C14H13I2N. The molecule has 0 atom stereocenters. The Morgan fingerprint density at radius 2 is 1.59 bits per heavy atom. The number of hydrogen-bond acceptors (Lipinski definition) is 1. The predicted molar refractivity (Wildman–Crippen MR) is 90.4 cm³/mol. The van der Waals surface area contributed by atoms with Crippen molar-refractivity contribution in [3.05, 3.63) is 60.7 Å². The van der Waals surface area contributed by atoms with Crippen LogP contribution in [0.1, 0.15) is 11.1 Å². The van der Waals surface area contributed by atoms with E-state index in [1.54, 1.807) is 0 Å². The molecule has 0 saturated carbocycles. The van der Waals surface area contributed by atoms with Crippen LogP contribution >= 0.6 is 45.2 Å². The third-order valence-corrected chi connectivity index (χ3v) is 3.99. The Morgan fingerprint density at radius 1 is 0.941 bits per heavy atom. The fourth-order valence-electron chi connectivity index (χ4n) is 1.58.